The zero-order valence-electron chi connectivity index (χ0n) is 41.6. The molecule has 6 aromatic carbocycles. The molecule has 0 unspecified atom stereocenters. The first-order valence-electron chi connectivity index (χ1n) is 23.3. The SMILES string of the molecule is Cc1ccc(C(=O)Oc2c3cc(C(C)(C)C)cc2Cc2cc(C(C)(C)C)cc(c2O)Cc2cc(C(C)(C)C)cc(c2OC(=O)c2ccc(C)cc2)Cc2cc(C(C)(C)C)cc(c2O)C3)cc1. The Bertz CT molecular complexity index is 2540. The summed E-state index contributed by atoms with van der Waals surface area (Å²) < 4.78 is 13.1. The van der Waals surface area contributed by atoms with E-state index < -0.39 is 11.9 Å². The van der Waals surface area contributed by atoms with Crippen LogP contribution in [0.3, 0.4) is 0 Å². The van der Waals surface area contributed by atoms with E-state index in [1.807, 2.05) is 38.1 Å². The van der Waals surface area contributed by atoms with Gasteiger partial charge in [0.25, 0.3) is 0 Å². The molecule has 0 amide bonds. The van der Waals surface area contributed by atoms with Crippen LogP contribution in [0.4, 0.5) is 0 Å². The number of aromatic hydroxyl groups is 2. The molecule has 2 N–H and O–H groups in total. The molecule has 0 fully saturated rings. The van der Waals surface area contributed by atoms with E-state index in [1.54, 1.807) is 24.3 Å². The molecule has 0 aromatic heterocycles. The number of rotatable bonds is 4. The minimum Gasteiger partial charge on any atom is -0.507 e. The van der Waals surface area contributed by atoms with Crippen molar-refractivity contribution in [2.24, 2.45) is 0 Å². The third-order valence-corrected chi connectivity index (χ3v) is 13.0. The number of carbonyl (C=O) groups excluding carboxylic acids is 2. The predicted molar refractivity (Wildman–Crippen MR) is 267 cm³/mol. The third kappa shape index (κ3) is 10.4. The number of hydrogen-bond donors (Lipinski definition) is 2. The Morgan fingerprint density at radius 1 is 0.379 bits per heavy atom. The molecule has 1 aliphatic rings. The highest BCUT2D eigenvalue weighted by molar-refractivity contribution is 5.92. The number of aryl methyl sites for hydroxylation is 2. The van der Waals surface area contributed by atoms with E-state index in [1.165, 1.54) is 0 Å². The number of phenolic OH excluding ortho intramolecular Hbond substituents is 2. The molecule has 0 spiro atoms. The Balaban J connectivity index is 1.57. The molecule has 0 atom stereocenters. The minimum absolute atomic E-state index is 0.129. The van der Waals surface area contributed by atoms with Gasteiger partial charge in [-0.25, -0.2) is 9.59 Å². The van der Waals surface area contributed by atoms with Gasteiger partial charge in [-0.1, -0.05) is 167 Å². The molecule has 8 bridgehead atoms. The van der Waals surface area contributed by atoms with Gasteiger partial charge in [0.2, 0.25) is 0 Å². The lowest BCUT2D eigenvalue weighted by atomic mass is 9.79. The lowest BCUT2D eigenvalue weighted by Gasteiger charge is -2.28. The second-order valence-corrected chi connectivity index (χ2v) is 22.8. The lowest BCUT2D eigenvalue weighted by molar-refractivity contribution is 0.0722. The fraction of sp³-hybridized carbons (Fsp3) is 0.367. The van der Waals surface area contributed by atoms with Crippen molar-refractivity contribution < 1.29 is 29.3 Å². The van der Waals surface area contributed by atoms with Gasteiger partial charge in [-0.3, -0.25) is 0 Å². The standard InChI is InChI=1S/C60H68O6/c1-35-15-19-37(20-16-35)55(63)65-53-43-23-39-27-47(57(3,4)5)29-41(51(39)61)25-45-33-50(60(12,13)14)34-46(54(45)66-56(64)38-21-17-36(2)18-22-38)26-42-30-48(58(6,7)8)28-40(52(42)62)24-44(53)32-49(31-43)59(9,10)11/h15-22,27-34,61-62H,23-26H2,1-14H3. The maximum Gasteiger partial charge on any atom is 0.343 e. The van der Waals surface area contributed by atoms with Crippen molar-refractivity contribution in [2.45, 2.75) is 144 Å². The van der Waals surface area contributed by atoms with Crippen LogP contribution in [0, 0.1) is 13.8 Å². The molecule has 6 heteroatoms. The Hall–Kier alpha value is -6.14. The van der Waals surface area contributed by atoms with Gasteiger partial charge in [-0.2, -0.15) is 0 Å². The van der Waals surface area contributed by atoms with E-state index >= 15 is 0 Å². The first kappa shape index (κ1) is 47.8. The minimum atomic E-state index is -0.488. The van der Waals surface area contributed by atoms with Crippen LogP contribution in [0.2, 0.25) is 0 Å². The summed E-state index contributed by atoms with van der Waals surface area (Å²) in [6.45, 7) is 29.9. The largest absolute Gasteiger partial charge is 0.507 e. The Labute approximate surface area is 393 Å². The van der Waals surface area contributed by atoms with Crippen LogP contribution in [-0.2, 0) is 47.3 Å². The summed E-state index contributed by atoms with van der Waals surface area (Å²) in [6, 6.07) is 31.4. The molecule has 1 aliphatic carbocycles. The molecule has 6 nitrogen and oxygen atoms in total. The summed E-state index contributed by atoms with van der Waals surface area (Å²) >= 11 is 0. The first-order valence-corrected chi connectivity index (χ1v) is 23.3. The van der Waals surface area contributed by atoms with Crippen LogP contribution in [-0.4, -0.2) is 22.2 Å². The van der Waals surface area contributed by atoms with Crippen molar-refractivity contribution in [1.29, 1.82) is 0 Å². The maximum atomic E-state index is 14.2. The van der Waals surface area contributed by atoms with Crippen molar-refractivity contribution >= 4 is 11.9 Å². The Morgan fingerprint density at radius 2 is 0.591 bits per heavy atom. The molecule has 0 saturated carbocycles. The van der Waals surface area contributed by atoms with E-state index in [0.29, 0.717) is 44.9 Å². The van der Waals surface area contributed by atoms with E-state index in [0.717, 1.165) is 55.6 Å². The van der Waals surface area contributed by atoms with Gasteiger partial charge in [0, 0.05) is 47.9 Å². The van der Waals surface area contributed by atoms with Gasteiger partial charge in [0.1, 0.15) is 23.0 Å². The van der Waals surface area contributed by atoms with Crippen LogP contribution in [0.1, 0.15) is 182 Å². The summed E-state index contributed by atoms with van der Waals surface area (Å²) in [5, 5.41) is 25.2. The van der Waals surface area contributed by atoms with Crippen LogP contribution < -0.4 is 9.47 Å². The molecular formula is C60H68O6. The molecule has 0 aliphatic heterocycles. The number of hydrogen-bond acceptors (Lipinski definition) is 6. The van der Waals surface area contributed by atoms with Crippen LogP contribution in [0.15, 0.2) is 97.1 Å². The zero-order valence-corrected chi connectivity index (χ0v) is 41.6. The summed E-state index contributed by atoms with van der Waals surface area (Å²) in [5.74, 6) is 0.107. The second-order valence-electron chi connectivity index (χ2n) is 22.8. The van der Waals surface area contributed by atoms with E-state index in [4.69, 9.17) is 9.47 Å². The van der Waals surface area contributed by atoms with E-state index in [2.05, 4.69) is 132 Å². The van der Waals surface area contributed by atoms with Gasteiger partial charge in [-0.15, -0.1) is 0 Å². The number of fused-ring (bicyclic) bond motifs is 8. The third-order valence-electron chi connectivity index (χ3n) is 13.0. The molecule has 344 valence electrons. The van der Waals surface area contributed by atoms with E-state index in [-0.39, 0.29) is 58.8 Å². The Morgan fingerprint density at radius 3 is 0.803 bits per heavy atom. The summed E-state index contributed by atoms with van der Waals surface area (Å²) in [4.78, 5) is 28.4. The van der Waals surface area contributed by atoms with Crippen molar-refractivity contribution in [2.75, 3.05) is 0 Å². The predicted octanol–water partition coefficient (Wildman–Crippen LogP) is 14.0. The number of benzene rings is 6. The Kier molecular flexibility index (Phi) is 12.7. The smallest absolute Gasteiger partial charge is 0.343 e. The van der Waals surface area contributed by atoms with Crippen LogP contribution in [0.25, 0.3) is 0 Å². The van der Waals surface area contributed by atoms with Crippen LogP contribution in [0.5, 0.6) is 23.0 Å². The fourth-order valence-corrected chi connectivity index (χ4v) is 8.59. The van der Waals surface area contributed by atoms with Crippen molar-refractivity contribution in [3.8, 4) is 23.0 Å². The normalized spacial score (nSPS) is 13.3. The average molecular weight is 885 g/mol. The van der Waals surface area contributed by atoms with Crippen LogP contribution >= 0.6 is 0 Å². The molecular weight excluding hydrogens is 817 g/mol. The highest BCUT2D eigenvalue weighted by Gasteiger charge is 2.30. The maximum absolute atomic E-state index is 14.2. The summed E-state index contributed by atoms with van der Waals surface area (Å²) in [6.07, 6.45) is 0.992. The highest BCUT2D eigenvalue weighted by Crippen LogP contribution is 2.44. The molecule has 7 rings (SSSR count). The van der Waals surface area contributed by atoms with Gasteiger partial charge in [0.15, 0.2) is 0 Å². The van der Waals surface area contributed by atoms with Gasteiger partial charge in [0.05, 0.1) is 11.1 Å². The first-order chi connectivity index (χ1) is 30.6. The zero-order chi connectivity index (χ0) is 48.3. The lowest BCUT2D eigenvalue weighted by Crippen LogP contribution is -2.18. The molecule has 6 aromatic rings. The van der Waals surface area contributed by atoms with Crippen molar-refractivity contribution in [3.63, 3.8) is 0 Å². The van der Waals surface area contributed by atoms with Gasteiger partial charge in [-0.05, 0) is 104 Å². The number of phenols is 2. The molecule has 66 heavy (non-hydrogen) atoms. The second kappa shape index (κ2) is 17.6. The number of esters is 2. The summed E-state index contributed by atoms with van der Waals surface area (Å²) in [7, 11) is 0. The topological polar surface area (TPSA) is 93.1 Å². The molecule has 0 saturated heterocycles. The number of carbonyl (C=O) groups is 2. The van der Waals surface area contributed by atoms with Gasteiger partial charge < -0.3 is 19.7 Å². The molecule has 0 heterocycles. The fourth-order valence-electron chi connectivity index (χ4n) is 8.59. The summed E-state index contributed by atoms with van der Waals surface area (Å²) in [5.41, 5.74) is 11.5. The average Bonchev–Trinajstić information content (AvgIpc) is 3.21. The monoisotopic (exact) mass is 885 g/mol. The van der Waals surface area contributed by atoms with Crippen molar-refractivity contribution in [3.05, 3.63) is 186 Å². The van der Waals surface area contributed by atoms with Gasteiger partial charge >= 0.3 is 11.9 Å². The number of ether oxygens (including phenoxy) is 2. The highest BCUT2D eigenvalue weighted by atomic mass is 16.5. The quantitative estimate of drug-likeness (QED) is 0.135. The van der Waals surface area contributed by atoms with E-state index in [9.17, 15) is 19.8 Å². The molecule has 0 radical (unpaired) electrons. The van der Waals surface area contributed by atoms with Crippen molar-refractivity contribution in [1.82, 2.24) is 0 Å².